The third-order valence-corrected chi connectivity index (χ3v) is 2.89. The van der Waals surface area contributed by atoms with E-state index in [1.807, 2.05) is 19.3 Å². The molecule has 0 spiro atoms. The van der Waals surface area contributed by atoms with Crippen molar-refractivity contribution < 1.29 is 4.84 Å². The maximum absolute atomic E-state index is 5.03. The van der Waals surface area contributed by atoms with Crippen LogP contribution >= 0.6 is 15.9 Å². The molecule has 2 aromatic rings. The summed E-state index contributed by atoms with van der Waals surface area (Å²) in [4.78, 5) is 4.60. The maximum Gasteiger partial charge on any atom is 0.0930 e. The number of nitrogens with two attached hydrogens (primary N) is 1. The SMILES string of the molecule is Cn1cc(Br)c2cc(CON)ccc21. The van der Waals surface area contributed by atoms with Crippen molar-refractivity contribution in [3.05, 3.63) is 34.4 Å². The van der Waals surface area contributed by atoms with Crippen molar-refractivity contribution in [3.8, 4) is 0 Å². The Balaban J connectivity index is 2.59. The summed E-state index contributed by atoms with van der Waals surface area (Å²) < 4.78 is 3.17. The average Bonchev–Trinajstić information content (AvgIpc) is 2.43. The summed E-state index contributed by atoms with van der Waals surface area (Å²) in [5.41, 5.74) is 2.27. The quantitative estimate of drug-likeness (QED) is 0.836. The summed E-state index contributed by atoms with van der Waals surface area (Å²) in [6.45, 7) is 0.442. The van der Waals surface area contributed by atoms with Crippen LogP contribution < -0.4 is 5.90 Å². The molecule has 2 N–H and O–H groups in total. The van der Waals surface area contributed by atoms with E-state index in [-0.39, 0.29) is 0 Å². The van der Waals surface area contributed by atoms with Crippen LogP contribution in [0.15, 0.2) is 28.9 Å². The number of hydrogen-bond donors (Lipinski definition) is 1. The lowest BCUT2D eigenvalue weighted by molar-refractivity contribution is 0.124. The number of nitrogens with zero attached hydrogens (tertiary/aromatic N) is 1. The van der Waals surface area contributed by atoms with E-state index in [1.165, 1.54) is 10.9 Å². The van der Waals surface area contributed by atoms with Crippen LogP contribution in [-0.2, 0) is 18.5 Å². The largest absolute Gasteiger partial charge is 0.349 e. The summed E-state index contributed by atoms with van der Waals surface area (Å²) >= 11 is 3.51. The second-order valence-corrected chi connectivity index (χ2v) is 4.10. The van der Waals surface area contributed by atoms with E-state index in [1.54, 1.807) is 0 Å². The normalized spacial score (nSPS) is 11.1. The van der Waals surface area contributed by atoms with Gasteiger partial charge in [-0.2, -0.15) is 0 Å². The van der Waals surface area contributed by atoms with Gasteiger partial charge in [0.15, 0.2) is 0 Å². The highest BCUT2D eigenvalue weighted by molar-refractivity contribution is 9.10. The molecule has 0 aliphatic carbocycles. The number of halogens is 1. The number of rotatable bonds is 2. The Bertz CT molecular complexity index is 464. The predicted molar refractivity (Wildman–Crippen MR) is 59.6 cm³/mol. The van der Waals surface area contributed by atoms with Crippen molar-refractivity contribution in [1.82, 2.24) is 4.57 Å². The van der Waals surface area contributed by atoms with Crippen molar-refractivity contribution in [2.24, 2.45) is 12.9 Å². The summed E-state index contributed by atoms with van der Waals surface area (Å²) in [6, 6.07) is 6.16. The molecular weight excluding hydrogens is 244 g/mol. The minimum atomic E-state index is 0.442. The molecule has 14 heavy (non-hydrogen) atoms. The molecule has 0 unspecified atom stereocenters. The van der Waals surface area contributed by atoms with Crippen molar-refractivity contribution in [3.63, 3.8) is 0 Å². The lowest BCUT2D eigenvalue weighted by Gasteiger charge is -2.00. The van der Waals surface area contributed by atoms with Gasteiger partial charge in [0.2, 0.25) is 0 Å². The first-order chi connectivity index (χ1) is 6.72. The Morgan fingerprint density at radius 2 is 2.29 bits per heavy atom. The van der Waals surface area contributed by atoms with Gasteiger partial charge in [-0.25, -0.2) is 5.90 Å². The molecule has 0 fully saturated rings. The topological polar surface area (TPSA) is 40.2 Å². The summed E-state index contributed by atoms with van der Waals surface area (Å²) in [5, 5.41) is 1.18. The minimum Gasteiger partial charge on any atom is -0.349 e. The zero-order valence-electron chi connectivity index (χ0n) is 7.83. The van der Waals surface area contributed by atoms with E-state index < -0.39 is 0 Å². The zero-order valence-corrected chi connectivity index (χ0v) is 9.41. The molecule has 0 saturated carbocycles. The highest BCUT2D eigenvalue weighted by atomic mass is 79.9. The van der Waals surface area contributed by atoms with E-state index >= 15 is 0 Å². The van der Waals surface area contributed by atoms with E-state index in [0.29, 0.717) is 6.61 Å². The van der Waals surface area contributed by atoms with Crippen molar-refractivity contribution in [2.45, 2.75) is 6.61 Å². The van der Waals surface area contributed by atoms with Crippen LogP contribution in [0.4, 0.5) is 0 Å². The number of benzene rings is 1. The van der Waals surface area contributed by atoms with Crippen molar-refractivity contribution in [2.75, 3.05) is 0 Å². The molecule has 0 atom stereocenters. The first-order valence-electron chi connectivity index (χ1n) is 4.27. The predicted octanol–water partition coefficient (Wildman–Crippen LogP) is 2.33. The van der Waals surface area contributed by atoms with E-state index in [2.05, 4.69) is 37.5 Å². The first-order valence-corrected chi connectivity index (χ1v) is 5.07. The minimum absolute atomic E-state index is 0.442. The van der Waals surface area contributed by atoms with Gasteiger partial charge < -0.3 is 4.57 Å². The number of fused-ring (bicyclic) bond motifs is 1. The molecular formula is C10H11BrN2O. The average molecular weight is 255 g/mol. The molecule has 1 aromatic carbocycles. The van der Waals surface area contributed by atoms with E-state index in [9.17, 15) is 0 Å². The van der Waals surface area contributed by atoms with Crippen LogP contribution in [0, 0.1) is 0 Å². The maximum atomic E-state index is 5.03. The molecule has 74 valence electrons. The fourth-order valence-electron chi connectivity index (χ4n) is 1.58. The summed E-state index contributed by atoms with van der Waals surface area (Å²) in [6.07, 6.45) is 2.04. The molecule has 0 aliphatic rings. The number of aromatic nitrogens is 1. The van der Waals surface area contributed by atoms with Gasteiger partial charge in [-0.3, -0.25) is 4.84 Å². The molecule has 0 amide bonds. The van der Waals surface area contributed by atoms with Crippen LogP contribution in [0.5, 0.6) is 0 Å². The molecule has 2 rings (SSSR count). The van der Waals surface area contributed by atoms with Gasteiger partial charge in [-0.1, -0.05) is 6.07 Å². The van der Waals surface area contributed by atoms with E-state index in [0.717, 1.165) is 10.0 Å². The summed E-state index contributed by atoms with van der Waals surface area (Å²) in [5.74, 6) is 5.03. The van der Waals surface area contributed by atoms with Gasteiger partial charge >= 0.3 is 0 Å². The van der Waals surface area contributed by atoms with Crippen LogP contribution in [-0.4, -0.2) is 4.57 Å². The smallest absolute Gasteiger partial charge is 0.0930 e. The Kier molecular flexibility index (Phi) is 2.58. The number of hydrogen-bond acceptors (Lipinski definition) is 2. The Hall–Kier alpha value is -0.840. The molecule has 0 bridgehead atoms. The van der Waals surface area contributed by atoms with Crippen molar-refractivity contribution >= 4 is 26.8 Å². The molecule has 0 aliphatic heterocycles. The lowest BCUT2D eigenvalue weighted by Crippen LogP contribution is -1.98. The first kappa shape index (κ1) is 9.71. The van der Waals surface area contributed by atoms with Crippen molar-refractivity contribution in [1.29, 1.82) is 0 Å². The second kappa shape index (κ2) is 3.73. The molecule has 4 heteroatoms. The van der Waals surface area contributed by atoms with Crippen LogP contribution in [0.1, 0.15) is 5.56 Å². The highest BCUT2D eigenvalue weighted by Crippen LogP contribution is 2.26. The highest BCUT2D eigenvalue weighted by Gasteiger charge is 2.04. The molecule has 1 heterocycles. The molecule has 0 saturated heterocycles. The monoisotopic (exact) mass is 254 g/mol. The molecule has 0 radical (unpaired) electrons. The fourth-order valence-corrected chi connectivity index (χ4v) is 2.20. The van der Waals surface area contributed by atoms with Gasteiger partial charge in [0.25, 0.3) is 0 Å². The van der Waals surface area contributed by atoms with E-state index in [4.69, 9.17) is 5.90 Å². The van der Waals surface area contributed by atoms with Crippen LogP contribution in [0.25, 0.3) is 10.9 Å². The summed E-state index contributed by atoms with van der Waals surface area (Å²) in [7, 11) is 2.02. The molecule has 3 nitrogen and oxygen atoms in total. The zero-order chi connectivity index (χ0) is 10.1. The van der Waals surface area contributed by atoms with Gasteiger partial charge in [0, 0.05) is 28.6 Å². The second-order valence-electron chi connectivity index (χ2n) is 3.25. The third-order valence-electron chi connectivity index (χ3n) is 2.26. The Labute approximate surface area is 90.5 Å². The Morgan fingerprint density at radius 1 is 1.50 bits per heavy atom. The fraction of sp³-hybridized carbons (Fsp3) is 0.200. The molecule has 1 aromatic heterocycles. The third kappa shape index (κ3) is 1.56. The van der Waals surface area contributed by atoms with Gasteiger partial charge in [0.05, 0.1) is 6.61 Å². The lowest BCUT2D eigenvalue weighted by atomic mass is 10.2. The van der Waals surface area contributed by atoms with Gasteiger partial charge in [-0.15, -0.1) is 0 Å². The standard InChI is InChI=1S/C10H11BrN2O/c1-13-5-9(11)8-4-7(6-14-12)2-3-10(8)13/h2-5H,6,12H2,1H3. The van der Waals surface area contributed by atoms with Gasteiger partial charge in [0.1, 0.15) is 0 Å². The van der Waals surface area contributed by atoms with Crippen LogP contribution in [0.3, 0.4) is 0 Å². The van der Waals surface area contributed by atoms with Gasteiger partial charge in [-0.05, 0) is 33.6 Å². The van der Waals surface area contributed by atoms with Crippen LogP contribution in [0.2, 0.25) is 0 Å². The Morgan fingerprint density at radius 3 is 3.00 bits per heavy atom. The number of aryl methyl sites for hydroxylation is 1.